The van der Waals surface area contributed by atoms with Gasteiger partial charge in [-0.3, -0.25) is 9.78 Å². The molecule has 0 aromatic carbocycles. The average molecular weight is 359 g/mol. The van der Waals surface area contributed by atoms with E-state index in [0.29, 0.717) is 25.3 Å². The van der Waals surface area contributed by atoms with Gasteiger partial charge in [0.25, 0.3) is 0 Å². The molecule has 0 spiro atoms. The van der Waals surface area contributed by atoms with E-state index in [4.69, 9.17) is 4.74 Å². The third kappa shape index (κ3) is 4.22. The summed E-state index contributed by atoms with van der Waals surface area (Å²) >= 11 is 1.59. The molecule has 7 heteroatoms. The molecular weight excluding hydrogens is 338 g/mol. The predicted molar refractivity (Wildman–Crippen MR) is 96.2 cm³/mol. The van der Waals surface area contributed by atoms with Crippen molar-refractivity contribution in [1.29, 1.82) is 0 Å². The van der Waals surface area contributed by atoms with Crippen molar-refractivity contribution in [2.75, 3.05) is 12.3 Å². The number of hydrogen-bond donors (Lipinski definition) is 1. The summed E-state index contributed by atoms with van der Waals surface area (Å²) in [4.78, 5) is 30.5. The zero-order valence-electron chi connectivity index (χ0n) is 14.3. The molecule has 3 rings (SSSR count). The summed E-state index contributed by atoms with van der Waals surface area (Å²) in [5, 5.41) is 3.77. The van der Waals surface area contributed by atoms with Gasteiger partial charge in [-0.05, 0) is 26.0 Å². The van der Waals surface area contributed by atoms with Crippen LogP contribution in [0.5, 0.6) is 0 Å². The number of carbonyl (C=O) groups is 2. The zero-order valence-corrected chi connectivity index (χ0v) is 15.1. The summed E-state index contributed by atoms with van der Waals surface area (Å²) in [5.41, 5.74) is 2.46. The first-order valence-corrected chi connectivity index (χ1v) is 9.26. The second-order valence-corrected chi connectivity index (χ2v) is 7.07. The molecule has 1 N–H and O–H groups in total. The molecule has 1 amide bonds. The van der Waals surface area contributed by atoms with Crippen molar-refractivity contribution in [3.63, 3.8) is 0 Å². The first-order chi connectivity index (χ1) is 12.0. The number of pyridine rings is 1. The predicted octanol–water partition coefficient (Wildman–Crippen LogP) is 2.20. The van der Waals surface area contributed by atoms with E-state index < -0.39 is 0 Å². The molecule has 1 aromatic heterocycles. The van der Waals surface area contributed by atoms with Gasteiger partial charge < -0.3 is 15.0 Å². The molecule has 0 atom stereocenters. The van der Waals surface area contributed by atoms with Crippen LogP contribution in [-0.4, -0.2) is 40.2 Å². The Morgan fingerprint density at radius 3 is 3.00 bits per heavy atom. The van der Waals surface area contributed by atoms with E-state index in [9.17, 15) is 9.59 Å². The number of fused-ring (bicyclic) bond motifs is 1. The smallest absolute Gasteiger partial charge is 0.336 e. The molecule has 2 aliphatic rings. The van der Waals surface area contributed by atoms with Gasteiger partial charge in [-0.15, -0.1) is 11.8 Å². The fraction of sp³-hybridized carbons (Fsp3) is 0.389. The number of hydrogen-bond acceptors (Lipinski definition) is 6. The van der Waals surface area contributed by atoms with Gasteiger partial charge in [0.1, 0.15) is 0 Å². The molecule has 0 saturated carbocycles. The molecule has 6 nitrogen and oxygen atoms in total. The number of carbonyl (C=O) groups excluding carboxylic acids is 2. The number of thioether (sulfide) groups is 1. The van der Waals surface area contributed by atoms with Crippen LogP contribution in [-0.2, 0) is 20.9 Å². The number of ether oxygens (including phenoxy) is 1. The highest BCUT2D eigenvalue weighted by atomic mass is 32.2. The van der Waals surface area contributed by atoms with Crippen LogP contribution in [0, 0.1) is 0 Å². The van der Waals surface area contributed by atoms with Crippen LogP contribution in [0.4, 0.5) is 0 Å². The topological polar surface area (TPSA) is 71.5 Å². The largest absolute Gasteiger partial charge is 0.460 e. The maximum atomic E-state index is 12.2. The van der Waals surface area contributed by atoms with E-state index in [0.717, 1.165) is 22.0 Å². The summed E-state index contributed by atoms with van der Waals surface area (Å²) in [5.74, 6) is 0.284. The van der Waals surface area contributed by atoms with Crippen molar-refractivity contribution in [2.24, 2.45) is 0 Å². The third-order valence-electron chi connectivity index (χ3n) is 3.85. The fourth-order valence-electron chi connectivity index (χ4n) is 2.73. The molecule has 0 radical (unpaired) electrons. The lowest BCUT2D eigenvalue weighted by molar-refractivity contribution is -0.142. The van der Waals surface area contributed by atoms with Crippen molar-refractivity contribution < 1.29 is 14.3 Å². The lowest BCUT2D eigenvalue weighted by Gasteiger charge is -2.14. The highest BCUT2D eigenvalue weighted by Gasteiger charge is 2.35. The molecule has 1 aromatic rings. The average Bonchev–Trinajstić information content (AvgIpc) is 3.16. The molecular formula is C18H21N3O3S. The maximum Gasteiger partial charge on any atom is 0.336 e. The number of esters is 1. The molecule has 0 unspecified atom stereocenters. The van der Waals surface area contributed by atoms with Gasteiger partial charge in [0, 0.05) is 36.7 Å². The number of nitrogens with zero attached hydrogens (tertiary/aromatic N) is 2. The van der Waals surface area contributed by atoms with Crippen molar-refractivity contribution in [2.45, 2.75) is 32.9 Å². The molecule has 1 saturated heterocycles. The van der Waals surface area contributed by atoms with Gasteiger partial charge in [0.05, 0.1) is 28.9 Å². The standard InChI is InChI=1S/C18H21N3O3S/c1-12(2)24-18(23)15-6-8-21-14(11-25-17(15)21)9-16(22)20-10-13-5-3-4-7-19-13/h3-5,7,9,12H,6,8,10-11H2,1-2H3,(H,20,22). The minimum absolute atomic E-state index is 0.131. The minimum atomic E-state index is -0.249. The van der Waals surface area contributed by atoms with Gasteiger partial charge in [-0.25, -0.2) is 4.79 Å². The van der Waals surface area contributed by atoms with E-state index in [1.54, 1.807) is 24.0 Å². The van der Waals surface area contributed by atoms with Gasteiger partial charge in [-0.1, -0.05) is 6.07 Å². The van der Waals surface area contributed by atoms with Gasteiger partial charge in [0.2, 0.25) is 5.91 Å². The van der Waals surface area contributed by atoms with Crippen LogP contribution in [0.1, 0.15) is 26.0 Å². The molecule has 1 fully saturated rings. The quantitative estimate of drug-likeness (QED) is 0.642. The van der Waals surface area contributed by atoms with Crippen LogP contribution in [0.25, 0.3) is 0 Å². The SMILES string of the molecule is CC(C)OC(=O)C1=C2SCC(=CC(=O)NCc3ccccn3)N2CC1. The lowest BCUT2D eigenvalue weighted by atomic mass is 10.2. The molecule has 25 heavy (non-hydrogen) atoms. The summed E-state index contributed by atoms with van der Waals surface area (Å²) in [7, 11) is 0. The van der Waals surface area contributed by atoms with E-state index in [-0.39, 0.29) is 18.0 Å². The van der Waals surface area contributed by atoms with Gasteiger partial charge in [0.15, 0.2) is 0 Å². The van der Waals surface area contributed by atoms with Crippen LogP contribution in [0.3, 0.4) is 0 Å². The third-order valence-corrected chi connectivity index (χ3v) is 5.03. The van der Waals surface area contributed by atoms with E-state index >= 15 is 0 Å². The van der Waals surface area contributed by atoms with E-state index in [2.05, 4.69) is 10.3 Å². The minimum Gasteiger partial charge on any atom is -0.460 e. The Bertz CT molecular complexity index is 728. The van der Waals surface area contributed by atoms with Crippen LogP contribution in [0.15, 0.2) is 46.8 Å². The Morgan fingerprint density at radius 1 is 1.44 bits per heavy atom. The zero-order chi connectivity index (χ0) is 17.8. The van der Waals surface area contributed by atoms with Crippen molar-refractivity contribution in [3.05, 3.63) is 52.5 Å². The summed E-state index contributed by atoms with van der Waals surface area (Å²) < 4.78 is 5.30. The normalized spacial score (nSPS) is 18.0. The Morgan fingerprint density at radius 2 is 2.28 bits per heavy atom. The number of amides is 1. The summed E-state index contributed by atoms with van der Waals surface area (Å²) in [6.07, 6.45) is 3.83. The highest BCUT2D eigenvalue weighted by Crippen LogP contribution is 2.42. The second kappa shape index (κ2) is 7.74. The van der Waals surface area contributed by atoms with Crippen LogP contribution < -0.4 is 5.32 Å². The van der Waals surface area contributed by atoms with Gasteiger partial charge in [-0.2, -0.15) is 0 Å². The number of nitrogens with one attached hydrogen (secondary N) is 1. The molecule has 0 bridgehead atoms. The maximum absolute atomic E-state index is 12.2. The Kier molecular flexibility index (Phi) is 5.43. The van der Waals surface area contributed by atoms with Gasteiger partial charge >= 0.3 is 5.97 Å². The molecule has 132 valence electrons. The van der Waals surface area contributed by atoms with E-state index in [1.165, 1.54) is 0 Å². The van der Waals surface area contributed by atoms with Crippen LogP contribution in [0.2, 0.25) is 0 Å². The van der Waals surface area contributed by atoms with Crippen molar-refractivity contribution in [1.82, 2.24) is 15.2 Å². The Hall–Kier alpha value is -2.28. The Labute approximate surface area is 151 Å². The second-order valence-electron chi connectivity index (χ2n) is 6.10. The Balaban J connectivity index is 1.63. The summed E-state index contributed by atoms with van der Waals surface area (Å²) in [6.45, 7) is 4.79. The number of rotatable bonds is 5. The first kappa shape index (κ1) is 17.5. The van der Waals surface area contributed by atoms with Crippen LogP contribution >= 0.6 is 11.8 Å². The first-order valence-electron chi connectivity index (χ1n) is 8.27. The lowest BCUT2D eigenvalue weighted by Crippen LogP contribution is -2.23. The monoisotopic (exact) mass is 359 g/mol. The number of aromatic nitrogens is 1. The molecule has 0 aliphatic carbocycles. The van der Waals surface area contributed by atoms with Crippen molar-refractivity contribution in [3.8, 4) is 0 Å². The van der Waals surface area contributed by atoms with E-state index in [1.807, 2.05) is 36.9 Å². The highest BCUT2D eigenvalue weighted by molar-refractivity contribution is 8.03. The molecule has 3 heterocycles. The summed E-state index contributed by atoms with van der Waals surface area (Å²) in [6, 6.07) is 5.60. The fourth-order valence-corrected chi connectivity index (χ4v) is 3.98. The van der Waals surface area contributed by atoms with Crippen molar-refractivity contribution >= 4 is 23.6 Å². The molecule has 2 aliphatic heterocycles.